The van der Waals surface area contributed by atoms with E-state index < -0.39 is 20.0 Å². The zero-order valence-corrected chi connectivity index (χ0v) is 16.7. The number of hydrogen-bond donors (Lipinski definition) is 3. The molecule has 0 bridgehead atoms. The van der Waals surface area contributed by atoms with Crippen LogP contribution in [0.5, 0.6) is 0 Å². The Labute approximate surface area is 149 Å². The quantitative estimate of drug-likeness (QED) is 0.512. The number of thiophene rings is 1. The van der Waals surface area contributed by atoms with Gasteiger partial charge in [-0.05, 0) is 37.8 Å². The third-order valence-corrected chi connectivity index (χ3v) is 7.90. The van der Waals surface area contributed by atoms with Crippen LogP contribution >= 0.6 is 11.3 Å². The fourth-order valence-electron chi connectivity index (χ4n) is 2.11. The van der Waals surface area contributed by atoms with Crippen LogP contribution in [0.3, 0.4) is 0 Å². The van der Waals surface area contributed by atoms with Crippen molar-refractivity contribution in [2.45, 2.75) is 43.9 Å². The molecule has 0 saturated heterocycles. The van der Waals surface area contributed by atoms with Gasteiger partial charge >= 0.3 is 0 Å². The van der Waals surface area contributed by atoms with Crippen molar-refractivity contribution in [3.63, 3.8) is 0 Å². The first-order chi connectivity index (χ1) is 11.1. The molecule has 0 radical (unpaired) electrons. The maximum Gasteiger partial charge on any atom is 0.250 e. The van der Waals surface area contributed by atoms with Crippen LogP contribution in [0.1, 0.15) is 32.1 Å². The summed E-state index contributed by atoms with van der Waals surface area (Å²) in [5.41, 5.74) is 5.64. The van der Waals surface area contributed by atoms with Gasteiger partial charge in [-0.2, -0.15) is 0 Å². The van der Waals surface area contributed by atoms with E-state index in [2.05, 4.69) is 9.44 Å². The molecule has 0 aliphatic carbocycles. The molecule has 0 aromatic carbocycles. The van der Waals surface area contributed by atoms with Gasteiger partial charge < -0.3 is 5.73 Å². The Morgan fingerprint density at radius 1 is 1.21 bits per heavy atom. The third-order valence-electron chi connectivity index (χ3n) is 3.34. The summed E-state index contributed by atoms with van der Waals surface area (Å²) in [5, 5.41) is 0. The topological polar surface area (TPSA) is 118 Å². The van der Waals surface area contributed by atoms with Crippen molar-refractivity contribution in [1.82, 2.24) is 9.44 Å². The van der Waals surface area contributed by atoms with Gasteiger partial charge in [-0.25, -0.2) is 26.3 Å². The minimum atomic E-state index is -3.60. The second kappa shape index (κ2) is 9.25. The van der Waals surface area contributed by atoms with Gasteiger partial charge in [0.15, 0.2) is 0 Å². The van der Waals surface area contributed by atoms with Gasteiger partial charge in [-0.3, -0.25) is 0 Å². The first kappa shape index (κ1) is 21.5. The van der Waals surface area contributed by atoms with E-state index >= 15 is 0 Å². The molecule has 24 heavy (non-hydrogen) atoms. The summed E-state index contributed by atoms with van der Waals surface area (Å²) in [6.07, 6.45) is 1.12. The summed E-state index contributed by atoms with van der Waals surface area (Å²) in [4.78, 5) is 0.808. The Morgan fingerprint density at radius 3 is 2.42 bits per heavy atom. The highest BCUT2D eigenvalue weighted by Crippen LogP contribution is 2.22. The first-order valence-electron chi connectivity index (χ1n) is 7.88. The SMILES string of the molecule is CCS(=O)(=O)NCCc1ccc(S(=O)(=O)NC(CN)CC(C)C)s1. The molecule has 0 amide bonds. The molecule has 1 aromatic heterocycles. The fraction of sp³-hybridized carbons (Fsp3) is 0.714. The van der Waals surface area contributed by atoms with E-state index in [9.17, 15) is 16.8 Å². The highest BCUT2D eigenvalue weighted by atomic mass is 32.2. The molecule has 1 atom stereocenters. The number of sulfonamides is 2. The molecule has 1 rings (SSSR count). The van der Waals surface area contributed by atoms with E-state index in [-0.39, 0.29) is 29.1 Å². The van der Waals surface area contributed by atoms with Crippen LogP contribution in [0.25, 0.3) is 0 Å². The third kappa shape index (κ3) is 7.16. The molecule has 7 nitrogen and oxygen atoms in total. The van der Waals surface area contributed by atoms with Crippen LogP contribution < -0.4 is 15.2 Å². The predicted octanol–water partition coefficient (Wildman–Crippen LogP) is 0.882. The van der Waals surface area contributed by atoms with Gasteiger partial charge in [0.1, 0.15) is 4.21 Å². The first-order valence-corrected chi connectivity index (χ1v) is 11.8. The maximum atomic E-state index is 12.4. The van der Waals surface area contributed by atoms with Crippen LogP contribution in [-0.2, 0) is 26.5 Å². The highest BCUT2D eigenvalue weighted by Gasteiger charge is 2.21. The maximum absolute atomic E-state index is 12.4. The number of nitrogens with two attached hydrogens (primary N) is 1. The van der Waals surface area contributed by atoms with Crippen molar-refractivity contribution in [2.75, 3.05) is 18.8 Å². The Morgan fingerprint density at radius 2 is 1.88 bits per heavy atom. The van der Waals surface area contributed by atoms with Crippen molar-refractivity contribution in [2.24, 2.45) is 11.7 Å². The van der Waals surface area contributed by atoms with Crippen molar-refractivity contribution in [3.05, 3.63) is 17.0 Å². The molecule has 0 spiro atoms. The summed E-state index contributed by atoms with van der Waals surface area (Å²) in [6, 6.07) is 2.95. The van der Waals surface area contributed by atoms with Gasteiger partial charge in [-0.1, -0.05) is 13.8 Å². The summed E-state index contributed by atoms with van der Waals surface area (Å²) >= 11 is 1.14. The monoisotopic (exact) mass is 397 g/mol. The molecule has 0 saturated carbocycles. The number of hydrogen-bond acceptors (Lipinski definition) is 6. The molecule has 1 unspecified atom stereocenters. The fourth-order valence-corrected chi connectivity index (χ4v) is 5.36. The zero-order valence-electron chi connectivity index (χ0n) is 14.3. The Hall–Kier alpha value is -0.520. The minimum absolute atomic E-state index is 0.0251. The summed E-state index contributed by atoms with van der Waals surface area (Å²) in [6.45, 7) is 6.08. The highest BCUT2D eigenvalue weighted by molar-refractivity contribution is 7.91. The summed E-state index contributed by atoms with van der Waals surface area (Å²) in [5.74, 6) is 0.365. The molecular formula is C14H27N3O4S3. The Balaban J connectivity index is 2.69. The minimum Gasteiger partial charge on any atom is -0.329 e. The van der Waals surface area contributed by atoms with Gasteiger partial charge in [0.05, 0.1) is 5.75 Å². The van der Waals surface area contributed by atoms with Crippen LogP contribution in [-0.4, -0.2) is 41.7 Å². The van der Waals surface area contributed by atoms with Crippen molar-refractivity contribution < 1.29 is 16.8 Å². The van der Waals surface area contributed by atoms with E-state index in [1.54, 1.807) is 19.1 Å². The van der Waals surface area contributed by atoms with Crippen LogP contribution in [0.2, 0.25) is 0 Å². The van der Waals surface area contributed by atoms with Crippen molar-refractivity contribution >= 4 is 31.4 Å². The number of rotatable bonds is 11. The van der Waals surface area contributed by atoms with Gasteiger partial charge in [-0.15, -0.1) is 11.3 Å². The van der Waals surface area contributed by atoms with Gasteiger partial charge in [0, 0.05) is 24.0 Å². The lowest BCUT2D eigenvalue weighted by atomic mass is 10.1. The molecule has 0 aliphatic heterocycles. The molecule has 0 fully saturated rings. The lowest BCUT2D eigenvalue weighted by Crippen LogP contribution is -2.40. The van der Waals surface area contributed by atoms with E-state index in [0.29, 0.717) is 18.8 Å². The predicted molar refractivity (Wildman–Crippen MR) is 98.1 cm³/mol. The Kier molecular flexibility index (Phi) is 8.30. The van der Waals surface area contributed by atoms with E-state index in [4.69, 9.17) is 5.73 Å². The Bertz CT molecular complexity index is 711. The lowest BCUT2D eigenvalue weighted by Gasteiger charge is -2.18. The second-order valence-electron chi connectivity index (χ2n) is 5.95. The standard InChI is InChI=1S/C14H27N3O4S3/c1-4-23(18,19)16-8-7-13-5-6-14(22-13)24(20,21)17-12(10-15)9-11(2)3/h5-6,11-12,16-17H,4,7-10,15H2,1-3H3. The summed E-state index contributed by atoms with van der Waals surface area (Å²) < 4.78 is 52.9. The van der Waals surface area contributed by atoms with Gasteiger partial charge in [0.2, 0.25) is 20.0 Å². The number of nitrogens with one attached hydrogen (secondary N) is 2. The molecule has 1 aromatic rings. The van der Waals surface area contributed by atoms with Crippen LogP contribution in [0.15, 0.2) is 16.3 Å². The second-order valence-corrected chi connectivity index (χ2v) is 11.2. The van der Waals surface area contributed by atoms with Crippen molar-refractivity contribution in [3.8, 4) is 0 Å². The van der Waals surface area contributed by atoms with Gasteiger partial charge in [0.25, 0.3) is 0 Å². The average molecular weight is 398 g/mol. The molecule has 1 heterocycles. The van der Waals surface area contributed by atoms with E-state index in [1.165, 1.54) is 0 Å². The normalized spacial score (nSPS) is 14.2. The smallest absolute Gasteiger partial charge is 0.250 e. The molecule has 10 heteroatoms. The molecule has 140 valence electrons. The van der Waals surface area contributed by atoms with Crippen LogP contribution in [0, 0.1) is 5.92 Å². The average Bonchev–Trinajstić information content (AvgIpc) is 2.95. The molecule has 4 N–H and O–H groups in total. The summed E-state index contributed by atoms with van der Waals surface area (Å²) in [7, 11) is -6.84. The van der Waals surface area contributed by atoms with E-state index in [0.717, 1.165) is 16.2 Å². The van der Waals surface area contributed by atoms with Crippen molar-refractivity contribution in [1.29, 1.82) is 0 Å². The molecule has 0 aliphatic rings. The van der Waals surface area contributed by atoms with Crippen LogP contribution in [0.4, 0.5) is 0 Å². The molecular weight excluding hydrogens is 370 g/mol. The zero-order chi connectivity index (χ0) is 18.4. The van der Waals surface area contributed by atoms with E-state index in [1.807, 2.05) is 13.8 Å². The largest absolute Gasteiger partial charge is 0.329 e. The lowest BCUT2D eigenvalue weighted by molar-refractivity contribution is 0.465.